The van der Waals surface area contributed by atoms with Crippen LogP contribution in [0.25, 0.3) is 0 Å². The van der Waals surface area contributed by atoms with Gasteiger partial charge in [0.2, 0.25) is 0 Å². The first-order chi connectivity index (χ1) is 12.2. The first kappa shape index (κ1) is 18.2. The topological polar surface area (TPSA) is 62.6 Å². The molecule has 1 aliphatic heterocycles. The highest BCUT2D eigenvalue weighted by Gasteiger charge is 2.30. The van der Waals surface area contributed by atoms with E-state index in [2.05, 4.69) is 28.4 Å². The number of carbonyl (C=O) groups is 1. The molecule has 1 saturated carbocycles. The number of hydrogen-bond donors (Lipinski definition) is 1. The predicted octanol–water partition coefficient (Wildman–Crippen LogP) is 1.69. The van der Waals surface area contributed by atoms with Crippen LogP contribution < -0.4 is 5.32 Å². The third kappa shape index (κ3) is 4.73. The van der Waals surface area contributed by atoms with Crippen molar-refractivity contribution >= 4 is 6.03 Å². The Morgan fingerprint density at radius 1 is 1.28 bits per heavy atom. The minimum Gasteiger partial charge on any atom is -0.379 e. The van der Waals surface area contributed by atoms with Gasteiger partial charge in [-0.1, -0.05) is 0 Å². The molecule has 25 heavy (non-hydrogen) atoms. The van der Waals surface area contributed by atoms with Crippen molar-refractivity contribution in [3.63, 3.8) is 0 Å². The molecule has 1 aromatic heterocycles. The lowest BCUT2D eigenvalue weighted by molar-refractivity contribution is 0.0848. The standard InChI is InChI=1S/C18H31N5O2/c1-3-23-14-15(12-19-23)13-21-8-5-9-22(11-10-21)18(24)20-16-6-4-7-17(16)25-2/h12,14,16-17H,3-11,13H2,1-2H3,(H,20,24)/t16-,17-/m1/s1. The van der Waals surface area contributed by atoms with Crippen molar-refractivity contribution in [2.75, 3.05) is 33.3 Å². The molecule has 1 aliphatic carbocycles. The van der Waals surface area contributed by atoms with E-state index < -0.39 is 0 Å². The number of carbonyl (C=O) groups excluding carboxylic acids is 1. The van der Waals surface area contributed by atoms with Gasteiger partial charge >= 0.3 is 6.03 Å². The first-order valence-electron chi connectivity index (χ1n) is 9.51. The number of urea groups is 1. The Morgan fingerprint density at radius 3 is 2.92 bits per heavy atom. The molecule has 7 nitrogen and oxygen atoms in total. The van der Waals surface area contributed by atoms with E-state index in [1.807, 2.05) is 15.8 Å². The van der Waals surface area contributed by atoms with Gasteiger partial charge < -0.3 is 15.0 Å². The van der Waals surface area contributed by atoms with Crippen LogP contribution in [0.4, 0.5) is 4.79 Å². The number of aryl methyl sites for hydroxylation is 1. The normalized spacial score (nSPS) is 25.1. The molecule has 0 bridgehead atoms. The van der Waals surface area contributed by atoms with E-state index in [9.17, 15) is 4.79 Å². The molecule has 0 radical (unpaired) electrons. The second-order valence-electron chi connectivity index (χ2n) is 7.08. The number of amides is 2. The number of nitrogens with one attached hydrogen (secondary N) is 1. The summed E-state index contributed by atoms with van der Waals surface area (Å²) in [5, 5.41) is 7.53. The van der Waals surface area contributed by atoms with Gasteiger partial charge in [-0.05, 0) is 32.6 Å². The number of hydrogen-bond acceptors (Lipinski definition) is 4. The lowest BCUT2D eigenvalue weighted by atomic mass is 10.2. The third-order valence-corrected chi connectivity index (χ3v) is 5.36. The van der Waals surface area contributed by atoms with Crippen LogP contribution in [0.1, 0.15) is 38.2 Å². The van der Waals surface area contributed by atoms with Gasteiger partial charge in [-0.25, -0.2) is 4.79 Å². The monoisotopic (exact) mass is 349 g/mol. The van der Waals surface area contributed by atoms with Crippen LogP contribution in [-0.4, -0.2) is 71.0 Å². The van der Waals surface area contributed by atoms with E-state index in [0.29, 0.717) is 0 Å². The molecular weight excluding hydrogens is 318 g/mol. The molecule has 2 atom stereocenters. The Labute approximate surface area is 150 Å². The summed E-state index contributed by atoms with van der Waals surface area (Å²) >= 11 is 0. The molecule has 1 N–H and O–H groups in total. The SMILES string of the molecule is CCn1cc(CN2CCCN(C(=O)N[C@@H]3CCC[C@H]3OC)CC2)cn1. The molecule has 0 unspecified atom stereocenters. The maximum atomic E-state index is 12.6. The largest absolute Gasteiger partial charge is 0.379 e. The van der Waals surface area contributed by atoms with Crippen molar-refractivity contribution < 1.29 is 9.53 Å². The predicted molar refractivity (Wildman–Crippen MR) is 96.3 cm³/mol. The van der Waals surface area contributed by atoms with E-state index in [1.165, 1.54) is 5.56 Å². The lowest BCUT2D eigenvalue weighted by Gasteiger charge is -2.26. The lowest BCUT2D eigenvalue weighted by Crippen LogP contribution is -2.48. The molecule has 2 aliphatic rings. The van der Waals surface area contributed by atoms with Crippen molar-refractivity contribution in [1.29, 1.82) is 0 Å². The molecule has 2 amide bonds. The summed E-state index contributed by atoms with van der Waals surface area (Å²) < 4.78 is 7.44. The highest BCUT2D eigenvalue weighted by Crippen LogP contribution is 2.21. The molecule has 1 saturated heterocycles. The fraction of sp³-hybridized carbons (Fsp3) is 0.778. The summed E-state index contributed by atoms with van der Waals surface area (Å²) in [6, 6.07) is 0.228. The number of methoxy groups -OCH3 is 1. The van der Waals surface area contributed by atoms with Crippen LogP contribution in [0.3, 0.4) is 0 Å². The second kappa shape index (κ2) is 8.67. The molecule has 3 rings (SSSR count). The Bertz CT molecular complexity index is 561. The Kier molecular flexibility index (Phi) is 6.31. The van der Waals surface area contributed by atoms with Gasteiger partial charge in [0.1, 0.15) is 0 Å². The smallest absolute Gasteiger partial charge is 0.317 e. The number of ether oxygens (including phenoxy) is 1. The maximum absolute atomic E-state index is 12.6. The number of rotatable bonds is 5. The van der Waals surface area contributed by atoms with Gasteiger partial charge in [-0.3, -0.25) is 9.58 Å². The minimum atomic E-state index is 0.0644. The molecule has 1 aromatic rings. The molecule has 0 spiro atoms. The summed E-state index contributed by atoms with van der Waals surface area (Å²) in [6.45, 7) is 7.42. The Morgan fingerprint density at radius 2 is 2.16 bits per heavy atom. The van der Waals surface area contributed by atoms with Crippen LogP contribution in [0.2, 0.25) is 0 Å². The first-order valence-corrected chi connectivity index (χ1v) is 9.51. The van der Waals surface area contributed by atoms with E-state index >= 15 is 0 Å². The maximum Gasteiger partial charge on any atom is 0.317 e. The molecular formula is C18H31N5O2. The molecule has 2 fully saturated rings. The second-order valence-corrected chi connectivity index (χ2v) is 7.08. The zero-order valence-corrected chi connectivity index (χ0v) is 15.5. The number of aromatic nitrogens is 2. The fourth-order valence-corrected chi connectivity index (χ4v) is 3.87. The Hall–Kier alpha value is -1.60. The molecule has 7 heteroatoms. The van der Waals surface area contributed by atoms with Crippen LogP contribution in [0, 0.1) is 0 Å². The zero-order valence-electron chi connectivity index (χ0n) is 15.5. The molecule has 2 heterocycles. The van der Waals surface area contributed by atoms with Gasteiger partial charge in [-0.2, -0.15) is 5.10 Å². The minimum absolute atomic E-state index is 0.0644. The Balaban J connectivity index is 1.48. The van der Waals surface area contributed by atoms with Gasteiger partial charge in [0.05, 0.1) is 18.3 Å². The van der Waals surface area contributed by atoms with E-state index in [1.54, 1.807) is 7.11 Å². The fourth-order valence-electron chi connectivity index (χ4n) is 3.87. The highest BCUT2D eigenvalue weighted by molar-refractivity contribution is 5.74. The third-order valence-electron chi connectivity index (χ3n) is 5.36. The summed E-state index contributed by atoms with van der Waals surface area (Å²) in [5.74, 6) is 0. The van der Waals surface area contributed by atoms with Crippen molar-refractivity contribution in [1.82, 2.24) is 24.9 Å². The van der Waals surface area contributed by atoms with Gasteiger partial charge in [0.15, 0.2) is 0 Å². The van der Waals surface area contributed by atoms with Gasteiger partial charge in [-0.15, -0.1) is 0 Å². The quantitative estimate of drug-likeness (QED) is 0.879. The molecule has 0 aromatic carbocycles. The van der Waals surface area contributed by atoms with Crippen LogP contribution in [0.15, 0.2) is 12.4 Å². The van der Waals surface area contributed by atoms with Crippen molar-refractivity contribution in [3.05, 3.63) is 18.0 Å². The number of nitrogens with zero attached hydrogens (tertiary/aromatic N) is 4. The summed E-state index contributed by atoms with van der Waals surface area (Å²) in [7, 11) is 1.74. The van der Waals surface area contributed by atoms with Crippen molar-refractivity contribution in [2.24, 2.45) is 0 Å². The van der Waals surface area contributed by atoms with E-state index in [0.717, 1.165) is 65.0 Å². The van der Waals surface area contributed by atoms with Crippen LogP contribution in [0.5, 0.6) is 0 Å². The zero-order chi connectivity index (χ0) is 17.6. The van der Waals surface area contributed by atoms with Crippen LogP contribution >= 0.6 is 0 Å². The van der Waals surface area contributed by atoms with Gasteiger partial charge in [0, 0.05) is 58.1 Å². The van der Waals surface area contributed by atoms with Crippen LogP contribution in [-0.2, 0) is 17.8 Å². The van der Waals surface area contributed by atoms with Gasteiger partial charge in [0.25, 0.3) is 0 Å². The van der Waals surface area contributed by atoms with E-state index in [-0.39, 0.29) is 18.2 Å². The molecule has 140 valence electrons. The average molecular weight is 349 g/mol. The van der Waals surface area contributed by atoms with Crippen molar-refractivity contribution in [3.8, 4) is 0 Å². The van der Waals surface area contributed by atoms with Crippen molar-refractivity contribution in [2.45, 2.75) is 57.8 Å². The average Bonchev–Trinajstić information content (AvgIpc) is 3.19. The van der Waals surface area contributed by atoms with E-state index in [4.69, 9.17) is 4.74 Å². The summed E-state index contributed by atoms with van der Waals surface area (Å²) in [5.41, 5.74) is 1.24. The summed E-state index contributed by atoms with van der Waals surface area (Å²) in [6.07, 6.45) is 8.43. The highest BCUT2D eigenvalue weighted by atomic mass is 16.5. The summed E-state index contributed by atoms with van der Waals surface area (Å²) in [4.78, 5) is 17.0.